The molecule has 0 unspecified atom stereocenters. The van der Waals surface area contributed by atoms with Crippen LogP contribution in [0, 0.1) is 0 Å². The van der Waals surface area contributed by atoms with Crippen molar-refractivity contribution in [2.75, 3.05) is 0 Å². The summed E-state index contributed by atoms with van der Waals surface area (Å²) in [4.78, 5) is 0. The van der Waals surface area contributed by atoms with Gasteiger partial charge in [0.1, 0.15) is 0 Å². The maximum absolute atomic E-state index is 3.68. The average molecular weight is 190 g/mol. The van der Waals surface area contributed by atoms with Crippen molar-refractivity contribution in [3.05, 3.63) is 49.6 Å². The third-order valence-electron chi connectivity index (χ3n) is 1.91. The van der Waals surface area contributed by atoms with Crippen LogP contribution in [0.15, 0.2) is 49.6 Å². The van der Waals surface area contributed by atoms with E-state index in [0.29, 0.717) is 0 Å². The Morgan fingerprint density at radius 2 is 0.786 bits per heavy atom. The topological polar surface area (TPSA) is 0 Å². The summed E-state index contributed by atoms with van der Waals surface area (Å²) < 4.78 is 0. The summed E-state index contributed by atoms with van der Waals surface area (Å²) in [6, 6.07) is 0. The zero-order valence-electron chi connectivity index (χ0n) is 9.12. The SMILES string of the molecule is C=CCCC=CCCC=CCCC=C. The summed E-state index contributed by atoms with van der Waals surface area (Å²) in [5.74, 6) is 0. The minimum absolute atomic E-state index is 1.09. The van der Waals surface area contributed by atoms with E-state index in [4.69, 9.17) is 0 Å². The van der Waals surface area contributed by atoms with Crippen LogP contribution in [0.4, 0.5) is 0 Å². The molecule has 0 saturated heterocycles. The molecule has 0 radical (unpaired) electrons. The van der Waals surface area contributed by atoms with Crippen molar-refractivity contribution in [2.24, 2.45) is 0 Å². The largest absolute Gasteiger partial charge is 0.103 e. The van der Waals surface area contributed by atoms with E-state index in [2.05, 4.69) is 37.5 Å². The van der Waals surface area contributed by atoms with E-state index >= 15 is 0 Å². The summed E-state index contributed by atoms with van der Waals surface area (Å²) in [7, 11) is 0. The molecule has 0 aliphatic rings. The highest BCUT2D eigenvalue weighted by Gasteiger charge is 1.78. The van der Waals surface area contributed by atoms with Crippen molar-refractivity contribution in [3.63, 3.8) is 0 Å². The lowest BCUT2D eigenvalue weighted by atomic mass is 10.2. The minimum atomic E-state index is 1.09. The molecule has 0 rings (SSSR count). The summed E-state index contributed by atoms with van der Waals surface area (Å²) >= 11 is 0. The molecule has 78 valence electrons. The monoisotopic (exact) mass is 190 g/mol. The Hall–Kier alpha value is -1.04. The molecule has 0 nitrogen and oxygen atoms in total. The zero-order valence-corrected chi connectivity index (χ0v) is 9.12. The fourth-order valence-electron chi connectivity index (χ4n) is 1.09. The molecule has 0 bridgehead atoms. The van der Waals surface area contributed by atoms with Crippen molar-refractivity contribution >= 4 is 0 Å². The van der Waals surface area contributed by atoms with Crippen molar-refractivity contribution in [3.8, 4) is 0 Å². The number of unbranched alkanes of at least 4 members (excludes halogenated alkanes) is 3. The number of hydrogen-bond acceptors (Lipinski definition) is 0. The smallest absolute Gasteiger partial charge is 0.0316 e. The molecule has 0 heterocycles. The second kappa shape index (κ2) is 12.0. The highest BCUT2D eigenvalue weighted by atomic mass is 13.8. The highest BCUT2D eigenvalue weighted by molar-refractivity contribution is 4.89. The Balaban J connectivity index is 3.18. The summed E-state index contributed by atoms with van der Waals surface area (Å²) in [5, 5.41) is 0. The third-order valence-corrected chi connectivity index (χ3v) is 1.91. The van der Waals surface area contributed by atoms with Crippen LogP contribution in [0.5, 0.6) is 0 Å². The summed E-state index contributed by atoms with van der Waals surface area (Å²) in [6.45, 7) is 7.37. The van der Waals surface area contributed by atoms with Crippen molar-refractivity contribution < 1.29 is 0 Å². The molecule has 0 N–H and O–H groups in total. The number of hydrogen-bond donors (Lipinski definition) is 0. The standard InChI is InChI=1S/C14H22/c1-3-5-7-9-11-13-14-12-10-8-6-4-2/h3-4,9-12H,1-2,5-8,13-14H2. The van der Waals surface area contributed by atoms with E-state index in [-0.39, 0.29) is 0 Å². The predicted octanol–water partition coefficient (Wildman–Crippen LogP) is 4.81. The van der Waals surface area contributed by atoms with E-state index in [1.165, 1.54) is 0 Å². The normalized spacial score (nSPS) is 11.1. The van der Waals surface area contributed by atoms with Gasteiger partial charge >= 0.3 is 0 Å². The molecule has 0 atom stereocenters. The first-order chi connectivity index (χ1) is 6.91. The molecule has 0 aliphatic heterocycles. The van der Waals surface area contributed by atoms with E-state index in [9.17, 15) is 0 Å². The van der Waals surface area contributed by atoms with E-state index < -0.39 is 0 Å². The molecule has 0 aliphatic carbocycles. The number of allylic oxidation sites excluding steroid dienone is 6. The van der Waals surface area contributed by atoms with Crippen LogP contribution in [0.25, 0.3) is 0 Å². The van der Waals surface area contributed by atoms with Crippen LogP contribution >= 0.6 is 0 Å². The molecular formula is C14H22. The Morgan fingerprint density at radius 3 is 1.07 bits per heavy atom. The zero-order chi connectivity index (χ0) is 10.5. The van der Waals surface area contributed by atoms with E-state index in [1.807, 2.05) is 12.2 Å². The molecule has 0 aromatic rings. The number of rotatable bonds is 9. The molecule has 0 fully saturated rings. The van der Waals surface area contributed by atoms with Crippen LogP contribution in [0.1, 0.15) is 38.5 Å². The van der Waals surface area contributed by atoms with Gasteiger partial charge in [-0.2, -0.15) is 0 Å². The molecule has 0 aromatic carbocycles. The highest BCUT2D eigenvalue weighted by Crippen LogP contribution is 1.98. The van der Waals surface area contributed by atoms with Gasteiger partial charge in [0.25, 0.3) is 0 Å². The van der Waals surface area contributed by atoms with Crippen LogP contribution < -0.4 is 0 Å². The minimum Gasteiger partial charge on any atom is -0.103 e. The predicted molar refractivity (Wildman–Crippen MR) is 66.4 cm³/mol. The Labute approximate surface area is 88.7 Å². The van der Waals surface area contributed by atoms with E-state index in [1.54, 1.807) is 0 Å². The van der Waals surface area contributed by atoms with E-state index in [0.717, 1.165) is 38.5 Å². The lowest BCUT2D eigenvalue weighted by molar-refractivity contribution is 0.988. The van der Waals surface area contributed by atoms with Gasteiger partial charge < -0.3 is 0 Å². The van der Waals surface area contributed by atoms with Gasteiger partial charge in [0.05, 0.1) is 0 Å². The van der Waals surface area contributed by atoms with Gasteiger partial charge in [-0.3, -0.25) is 0 Å². The molecule has 14 heavy (non-hydrogen) atoms. The quantitative estimate of drug-likeness (QED) is 0.361. The van der Waals surface area contributed by atoms with Crippen molar-refractivity contribution in [2.45, 2.75) is 38.5 Å². The molecule has 0 heteroatoms. The van der Waals surface area contributed by atoms with Gasteiger partial charge in [0.2, 0.25) is 0 Å². The average Bonchev–Trinajstić information content (AvgIpc) is 2.21. The van der Waals surface area contributed by atoms with Gasteiger partial charge in [-0.25, -0.2) is 0 Å². The maximum atomic E-state index is 3.68. The Morgan fingerprint density at radius 1 is 0.500 bits per heavy atom. The summed E-state index contributed by atoms with van der Waals surface area (Å²) in [6.07, 6.45) is 19.6. The lowest BCUT2D eigenvalue weighted by Gasteiger charge is -1.88. The fourth-order valence-corrected chi connectivity index (χ4v) is 1.09. The van der Waals surface area contributed by atoms with Gasteiger partial charge in [-0.15, -0.1) is 13.2 Å². The van der Waals surface area contributed by atoms with Crippen LogP contribution in [-0.4, -0.2) is 0 Å². The van der Waals surface area contributed by atoms with Gasteiger partial charge in [0, 0.05) is 0 Å². The molecular weight excluding hydrogens is 168 g/mol. The molecule has 0 spiro atoms. The van der Waals surface area contributed by atoms with Crippen LogP contribution in [0.3, 0.4) is 0 Å². The second-order valence-corrected chi connectivity index (χ2v) is 3.25. The van der Waals surface area contributed by atoms with Crippen LogP contribution in [-0.2, 0) is 0 Å². The molecule has 0 amide bonds. The van der Waals surface area contributed by atoms with Gasteiger partial charge in [-0.1, -0.05) is 36.5 Å². The first-order valence-corrected chi connectivity index (χ1v) is 5.43. The lowest BCUT2D eigenvalue weighted by Crippen LogP contribution is -1.68. The molecule has 0 aromatic heterocycles. The first-order valence-electron chi connectivity index (χ1n) is 5.43. The third kappa shape index (κ3) is 11.0. The van der Waals surface area contributed by atoms with Gasteiger partial charge in [-0.05, 0) is 38.5 Å². The second-order valence-electron chi connectivity index (χ2n) is 3.25. The van der Waals surface area contributed by atoms with Crippen LogP contribution in [0.2, 0.25) is 0 Å². The van der Waals surface area contributed by atoms with Crippen molar-refractivity contribution in [1.82, 2.24) is 0 Å². The summed E-state index contributed by atoms with van der Waals surface area (Å²) in [5.41, 5.74) is 0. The van der Waals surface area contributed by atoms with Crippen molar-refractivity contribution in [1.29, 1.82) is 0 Å². The maximum Gasteiger partial charge on any atom is -0.0316 e. The molecule has 0 saturated carbocycles. The fraction of sp³-hybridized carbons (Fsp3) is 0.429. The first kappa shape index (κ1) is 13.0. The van der Waals surface area contributed by atoms with Gasteiger partial charge in [0.15, 0.2) is 0 Å². The Bertz CT molecular complexity index is 162. The Kier molecular flexibility index (Phi) is 11.1.